The van der Waals surface area contributed by atoms with Gasteiger partial charge in [0.1, 0.15) is 0 Å². The molecule has 2 rings (SSSR count). The summed E-state index contributed by atoms with van der Waals surface area (Å²) in [6, 6.07) is 6.64. The molecule has 16 heavy (non-hydrogen) atoms. The molecule has 1 aliphatic carbocycles. The minimum Gasteiger partial charge on any atom is -0.399 e. The Kier molecular flexibility index (Phi) is 3.37. The van der Waals surface area contributed by atoms with Gasteiger partial charge in [-0.25, -0.2) is 0 Å². The van der Waals surface area contributed by atoms with Crippen LogP contribution in [0.5, 0.6) is 0 Å². The molecule has 0 heterocycles. The smallest absolute Gasteiger partial charge is 0.0392 e. The fourth-order valence-electron chi connectivity index (χ4n) is 2.62. The summed E-state index contributed by atoms with van der Waals surface area (Å²) in [6.07, 6.45) is 5.53. The molecule has 2 heteroatoms. The number of anilines is 2. The van der Waals surface area contributed by atoms with Crippen LogP contribution in [0.15, 0.2) is 18.2 Å². The Morgan fingerprint density at radius 2 is 2.00 bits per heavy atom. The zero-order valence-corrected chi connectivity index (χ0v) is 10.3. The van der Waals surface area contributed by atoms with Crippen LogP contribution in [0.4, 0.5) is 11.4 Å². The van der Waals surface area contributed by atoms with Gasteiger partial charge < -0.3 is 11.1 Å². The van der Waals surface area contributed by atoms with Crippen molar-refractivity contribution in [2.45, 2.75) is 45.6 Å². The maximum Gasteiger partial charge on any atom is 0.0392 e. The first-order chi connectivity index (χ1) is 7.66. The third-order valence-corrected chi connectivity index (χ3v) is 3.75. The van der Waals surface area contributed by atoms with Crippen molar-refractivity contribution in [2.24, 2.45) is 5.92 Å². The van der Waals surface area contributed by atoms with Gasteiger partial charge in [0.25, 0.3) is 0 Å². The monoisotopic (exact) mass is 218 g/mol. The van der Waals surface area contributed by atoms with Crippen LogP contribution in [-0.4, -0.2) is 6.04 Å². The summed E-state index contributed by atoms with van der Waals surface area (Å²) >= 11 is 0. The first-order valence-corrected chi connectivity index (χ1v) is 6.29. The highest BCUT2D eigenvalue weighted by molar-refractivity contribution is 5.59. The Morgan fingerprint density at radius 1 is 1.31 bits per heavy atom. The molecule has 1 aliphatic rings. The third kappa shape index (κ3) is 2.49. The maximum atomic E-state index is 5.82. The van der Waals surface area contributed by atoms with Crippen LogP contribution >= 0.6 is 0 Å². The van der Waals surface area contributed by atoms with E-state index in [4.69, 9.17) is 5.73 Å². The topological polar surface area (TPSA) is 38.0 Å². The van der Waals surface area contributed by atoms with Crippen molar-refractivity contribution in [1.29, 1.82) is 0 Å². The number of nitrogen functional groups attached to an aromatic ring is 1. The molecule has 0 amide bonds. The van der Waals surface area contributed by atoms with Gasteiger partial charge in [-0.2, -0.15) is 0 Å². The Labute approximate surface area is 98.2 Å². The number of rotatable bonds is 3. The maximum absolute atomic E-state index is 5.82. The number of hydrogen-bond acceptors (Lipinski definition) is 2. The second-order valence-electron chi connectivity index (χ2n) is 5.05. The molecule has 1 fully saturated rings. The normalized spacial score (nSPS) is 18.6. The van der Waals surface area contributed by atoms with Gasteiger partial charge in [0.05, 0.1) is 0 Å². The van der Waals surface area contributed by atoms with E-state index < -0.39 is 0 Å². The average molecular weight is 218 g/mol. The molecule has 1 unspecified atom stereocenters. The van der Waals surface area contributed by atoms with Crippen molar-refractivity contribution in [3.63, 3.8) is 0 Å². The Balaban J connectivity index is 2.04. The summed E-state index contributed by atoms with van der Waals surface area (Å²) in [5.41, 5.74) is 9.13. The van der Waals surface area contributed by atoms with Crippen LogP contribution in [0.1, 0.15) is 38.2 Å². The fraction of sp³-hybridized carbons (Fsp3) is 0.571. The Hall–Kier alpha value is -1.18. The van der Waals surface area contributed by atoms with E-state index in [0.29, 0.717) is 6.04 Å². The van der Waals surface area contributed by atoms with Crippen LogP contribution in [0, 0.1) is 12.8 Å². The molecule has 0 aliphatic heterocycles. The summed E-state index contributed by atoms with van der Waals surface area (Å²) in [5.74, 6) is 0.834. The molecule has 0 aromatic heterocycles. The predicted molar refractivity (Wildman–Crippen MR) is 70.6 cm³/mol. The lowest BCUT2D eigenvalue weighted by Gasteiger charge is -2.22. The predicted octanol–water partition coefficient (Wildman–Crippen LogP) is 3.57. The van der Waals surface area contributed by atoms with Gasteiger partial charge in [0, 0.05) is 17.4 Å². The molecule has 1 aromatic carbocycles. The van der Waals surface area contributed by atoms with Gasteiger partial charge in [0.2, 0.25) is 0 Å². The van der Waals surface area contributed by atoms with Gasteiger partial charge in [-0.05, 0) is 50.3 Å². The van der Waals surface area contributed by atoms with E-state index in [9.17, 15) is 0 Å². The molecule has 0 bridgehead atoms. The van der Waals surface area contributed by atoms with Crippen LogP contribution in [0.25, 0.3) is 0 Å². The van der Waals surface area contributed by atoms with E-state index in [2.05, 4.69) is 25.2 Å². The molecular weight excluding hydrogens is 196 g/mol. The van der Waals surface area contributed by atoms with Crippen LogP contribution in [-0.2, 0) is 0 Å². The quantitative estimate of drug-likeness (QED) is 0.761. The highest BCUT2D eigenvalue weighted by Crippen LogP contribution is 2.30. The summed E-state index contributed by atoms with van der Waals surface area (Å²) < 4.78 is 0. The van der Waals surface area contributed by atoms with E-state index >= 15 is 0 Å². The highest BCUT2D eigenvalue weighted by Gasteiger charge is 2.21. The molecule has 0 saturated heterocycles. The standard InChI is InChI=1S/C14H22N2/c1-10-7-8-13(15)9-14(10)16-11(2)12-5-3-4-6-12/h7-9,11-12,16H,3-6,15H2,1-2H3. The van der Waals surface area contributed by atoms with E-state index in [1.165, 1.54) is 36.9 Å². The first-order valence-electron chi connectivity index (χ1n) is 6.29. The van der Waals surface area contributed by atoms with Crippen molar-refractivity contribution < 1.29 is 0 Å². The van der Waals surface area contributed by atoms with Crippen molar-refractivity contribution in [1.82, 2.24) is 0 Å². The van der Waals surface area contributed by atoms with E-state index in [0.717, 1.165) is 11.6 Å². The zero-order valence-electron chi connectivity index (χ0n) is 10.3. The number of aryl methyl sites for hydroxylation is 1. The van der Waals surface area contributed by atoms with Crippen LogP contribution in [0.3, 0.4) is 0 Å². The highest BCUT2D eigenvalue weighted by atomic mass is 14.9. The van der Waals surface area contributed by atoms with Crippen molar-refractivity contribution in [3.8, 4) is 0 Å². The number of nitrogens with two attached hydrogens (primary N) is 1. The summed E-state index contributed by atoms with van der Waals surface area (Å²) in [6.45, 7) is 4.42. The molecule has 1 atom stereocenters. The van der Waals surface area contributed by atoms with Gasteiger partial charge in [-0.1, -0.05) is 18.9 Å². The lowest BCUT2D eigenvalue weighted by molar-refractivity contribution is 0.482. The number of nitrogens with one attached hydrogen (secondary N) is 1. The molecule has 1 saturated carbocycles. The molecule has 3 N–H and O–H groups in total. The summed E-state index contributed by atoms with van der Waals surface area (Å²) in [7, 11) is 0. The number of hydrogen-bond donors (Lipinski definition) is 2. The van der Waals surface area contributed by atoms with E-state index in [1.54, 1.807) is 0 Å². The van der Waals surface area contributed by atoms with E-state index in [-0.39, 0.29) is 0 Å². The Bertz CT molecular complexity index is 354. The average Bonchev–Trinajstić information content (AvgIpc) is 2.76. The van der Waals surface area contributed by atoms with Gasteiger partial charge in [-0.3, -0.25) is 0 Å². The van der Waals surface area contributed by atoms with Crippen LogP contribution < -0.4 is 11.1 Å². The lowest BCUT2D eigenvalue weighted by Crippen LogP contribution is -2.24. The second kappa shape index (κ2) is 4.77. The molecule has 2 nitrogen and oxygen atoms in total. The third-order valence-electron chi connectivity index (χ3n) is 3.75. The SMILES string of the molecule is Cc1ccc(N)cc1NC(C)C1CCCC1. The minimum atomic E-state index is 0.558. The summed E-state index contributed by atoms with van der Waals surface area (Å²) in [4.78, 5) is 0. The van der Waals surface area contributed by atoms with Gasteiger partial charge in [0.15, 0.2) is 0 Å². The molecular formula is C14H22N2. The second-order valence-corrected chi connectivity index (χ2v) is 5.05. The van der Waals surface area contributed by atoms with Crippen molar-refractivity contribution in [3.05, 3.63) is 23.8 Å². The fourth-order valence-corrected chi connectivity index (χ4v) is 2.62. The summed E-state index contributed by atoms with van der Waals surface area (Å²) in [5, 5.41) is 3.61. The van der Waals surface area contributed by atoms with E-state index in [1.807, 2.05) is 12.1 Å². The first kappa shape index (κ1) is 11.3. The molecule has 1 aromatic rings. The van der Waals surface area contributed by atoms with Gasteiger partial charge in [-0.15, -0.1) is 0 Å². The Morgan fingerprint density at radius 3 is 2.69 bits per heavy atom. The minimum absolute atomic E-state index is 0.558. The lowest BCUT2D eigenvalue weighted by atomic mass is 9.99. The number of benzene rings is 1. The zero-order chi connectivity index (χ0) is 11.5. The van der Waals surface area contributed by atoms with Crippen molar-refractivity contribution >= 4 is 11.4 Å². The molecule has 0 spiro atoms. The van der Waals surface area contributed by atoms with Crippen molar-refractivity contribution in [2.75, 3.05) is 11.1 Å². The van der Waals surface area contributed by atoms with Gasteiger partial charge >= 0.3 is 0 Å². The molecule has 88 valence electrons. The van der Waals surface area contributed by atoms with Crippen LogP contribution in [0.2, 0.25) is 0 Å². The largest absolute Gasteiger partial charge is 0.399 e. The molecule has 0 radical (unpaired) electrons.